The monoisotopic (exact) mass is 211 g/mol. The summed E-state index contributed by atoms with van der Waals surface area (Å²) in [5.41, 5.74) is 0. The lowest BCUT2D eigenvalue weighted by atomic mass is 9.80. The highest BCUT2D eigenvalue weighted by Gasteiger charge is 2.29. The lowest BCUT2D eigenvalue weighted by Gasteiger charge is -2.38. The van der Waals surface area contributed by atoms with Gasteiger partial charge in [-0.05, 0) is 52.4 Å². The summed E-state index contributed by atoms with van der Waals surface area (Å²) in [5.74, 6) is 0.943. The van der Waals surface area contributed by atoms with E-state index in [0.717, 1.165) is 5.92 Å². The quantitative estimate of drug-likeness (QED) is 0.775. The third-order valence-electron chi connectivity index (χ3n) is 4.05. The zero-order valence-corrected chi connectivity index (χ0v) is 10.3. The number of ether oxygens (including phenoxy) is 1. The van der Waals surface area contributed by atoms with Crippen LogP contribution in [0.15, 0.2) is 0 Å². The molecule has 2 heteroatoms. The van der Waals surface area contributed by atoms with Crippen molar-refractivity contribution in [1.82, 2.24) is 5.32 Å². The van der Waals surface area contributed by atoms with E-state index in [1.165, 1.54) is 32.1 Å². The van der Waals surface area contributed by atoms with Crippen molar-refractivity contribution in [2.24, 2.45) is 5.92 Å². The first-order valence-electron chi connectivity index (χ1n) is 6.56. The maximum Gasteiger partial charge on any atom is 0.0565 e. The maximum atomic E-state index is 5.76. The molecule has 3 unspecified atom stereocenters. The minimum atomic E-state index is 0.430. The summed E-state index contributed by atoms with van der Waals surface area (Å²) in [6, 6.07) is 1.39. The second-order valence-corrected chi connectivity index (χ2v) is 5.57. The smallest absolute Gasteiger partial charge is 0.0565 e. The van der Waals surface area contributed by atoms with Crippen molar-refractivity contribution in [2.45, 2.75) is 77.2 Å². The molecule has 0 aromatic rings. The van der Waals surface area contributed by atoms with E-state index in [-0.39, 0.29) is 0 Å². The highest BCUT2D eigenvalue weighted by atomic mass is 16.5. The average molecular weight is 211 g/mol. The van der Waals surface area contributed by atoms with Crippen molar-refractivity contribution < 1.29 is 4.74 Å². The van der Waals surface area contributed by atoms with Crippen LogP contribution in [-0.2, 0) is 4.74 Å². The van der Waals surface area contributed by atoms with Gasteiger partial charge in [-0.25, -0.2) is 0 Å². The molecule has 1 saturated heterocycles. The number of hydrogen-bond acceptors (Lipinski definition) is 2. The van der Waals surface area contributed by atoms with Crippen molar-refractivity contribution >= 4 is 0 Å². The largest absolute Gasteiger partial charge is 0.375 e. The van der Waals surface area contributed by atoms with E-state index in [4.69, 9.17) is 4.74 Å². The third-order valence-corrected chi connectivity index (χ3v) is 4.05. The van der Waals surface area contributed by atoms with E-state index < -0.39 is 0 Å². The molecule has 2 rings (SSSR count). The zero-order valence-electron chi connectivity index (χ0n) is 10.3. The maximum absolute atomic E-state index is 5.76. The van der Waals surface area contributed by atoms with Gasteiger partial charge in [0.25, 0.3) is 0 Å². The SMILES string of the molecule is CC1CC(NC(C)C2CCC2)CC(C)O1. The normalized spacial score (nSPS) is 39.8. The molecule has 2 fully saturated rings. The first-order valence-corrected chi connectivity index (χ1v) is 6.56. The Balaban J connectivity index is 1.77. The van der Waals surface area contributed by atoms with Gasteiger partial charge in [0.1, 0.15) is 0 Å². The molecule has 3 atom stereocenters. The molecule has 1 saturated carbocycles. The molecule has 0 amide bonds. The lowest BCUT2D eigenvalue weighted by Crippen LogP contribution is -2.48. The number of rotatable bonds is 3. The van der Waals surface area contributed by atoms with Crippen LogP contribution in [0.3, 0.4) is 0 Å². The molecule has 1 aliphatic heterocycles. The van der Waals surface area contributed by atoms with Gasteiger partial charge in [-0.15, -0.1) is 0 Å². The molecule has 0 aromatic carbocycles. The molecule has 0 radical (unpaired) electrons. The molecule has 2 nitrogen and oxygen atoms in total. The van der Waals surface area contributed by atoms with Crippen LogP contribution in [0.4, 0.5) is 0 Å². The minimum Gasteiger partial charge on any atom is -0.375 e. The van der Waals surface area contributed by atoms with Crippen LogP contribution < -0.4 is 5.32 Å². The van der Waals surface area contributed by atoms with E-state index in [9.17, 15) is 0 Å². The van der Waals surface area contributed by atoms with Crippen molar-refractivity contribution in [2.75, 3.05) is 0 Å². The first-order chi connectivity index (χ1) is 7.15. The molecule has 88 valence electrons. The van der Waals surface area contributed by atoms with E-state index in [2.05, 4.69) is 26.1 Å². The average Bonchev–Trinajstić information content (AvgIpc) is 1.96. The molecule has 15 heavy (non-hydrogen) atoms. The molecule has 1 N–H and O–H groups in total. The summed E-state index contributed by atoms with van der Waals surface area (Å²) >= 11 is 0. The molecule has 0 aromatic heterocycles. The van der Waals surface area contributed by atoms with Crippen LogP contribution in [0.1, 0.15) is 52.9 Å². The first kappa shape index (κ1) is 11.4. The number of nitrogens with one attached hydrogen (secondary N) is 1. The van der Waals surface area contributed by atoms with Crippen molar-refractivity contribution in [3.63, 3.8) is 0 Å². The van der Waals surface area contributed by atoms with Crippen molar-refractivity contribution in [1.29, 1.82) is 0 Å². The fraction of sp³-hybridized carbons (Fsp3) is 1.00. The Kier molecular flexibility index (Phi) is 3.68. The van der Waals surface area contributed by atoms with Crippen LogP contribution in [-0.4, -0.2) is 24.3 Å². The Labute approximate surface area is 93.8 Å². The fourth-order valence-electron chi connectivity index (χ4n) is 2.99. The molecule has 0 spiro atoms. The summed E-state index contributed by atoms with van der Waals surface area (Å²) in [6.07, 6.45) is 7.53. The van der Waals surface area contributed by atoms with E-state index in [0.29, 0.717) is 24.3 Å². The molecular formula is C13H25NO. The van der Waals surface area contributed by atoms with Gasteiger partial charge in [0.05, 0.1) is 12.2 Å². The van der Waals surface area contributed by atoms with Gasteiger partial charge < -0.3 is 10.1 Å². The molecule has 0 bridgehead atoms. The molecule has 1 heterocycles. The van der Waals surface area contributed by atoms with Crippen LogP contribution in [0, 0.1) is 5.92 Å². The van der Waals surface area contributed by atoms with Gasteiger partial charge in [-0.2, -0.15) is 0 Å². The summed E-state index contributed by atoms with van der Waals surface area (Å²) in [4.78, 5) is 0. The Hall–Kier alpha value is -0.0800. The Bertz CT molecular complexity index is 193. The van der Waals surface area contributed by atoms with E-state index >= 15 is 0 Å². The van der Waals surface area contributed by atoms with Crippen molar-refractivity contribution in [3.8, 4) is 0 Å². The second-order valence-electron chi connectivity index (χ2n) is 5.57. The van der Waals surface area contributed by atoms with Gasteiger partial charge in [0.15, 0.2) is 0 Å². The molecule has 1 aliphatic carbocycles. The van der Waals surface area contributed by atoms with Gasteiger partial charge in [-0.1, -0.05) is 6.42 Å². The minimum absolute atomic E-state index is 0.430. The Morgan fingerprint density at radius 1 is 1.13 bits per heavy atom. The van der Waals surface area contributed by atoms with Crippen molar-refractivity contribution in [3.05, 3.63) is 0 Å². The van der Waals surface area contributed by atoms with E-state index in [1.54, 1.807) is 0 Å². The lowest BCUT2D eigenvalue weighted by molar-refractivity contribution is -0.0448. The highest BCUT2D eigenvalue weighted by molar-refractivity contribution is 4.85. The summed E-state index contributed by atoms with van der Waals surface area (Å²) in [7, 11) is 0. The van der Waals surface area contributed by atoms with Crippen LogP contribution in [0.2, 0.25) is 0 Å². The second kappa shape index (κ2) is 4.84. The fourth-order valence-corrected chi connectivity index (χ4v) is 2.99. The predicted molar refractivity (Wildman–Crippen MR) is 63.0 cm³/mol. The Morgan fingerprint density at radius 3 is 2.20 bits per heavy atom. The van der Waals surface area contributed by atoms with Crippen LogP contribution >= 0.6 is 0 Å². The Morgan fingerprint density at radius 2 is 1.73 bits per heavy atom. The third kappa shape index (κ3) is 2.94. The summed E-state index contributed by atoms with van der Waals surface area (Å²) in [6.45, 7) is 6.74. The predicted octanol–water partition coefficient (Wildman–Crippen LogP) is 2.72. The van der Waals surface area contributed by atoms with Gasteiger partial charge in [-0.3, -0.25) is 0 Å². The topological polar surface area (TPSA) is 21.3 Å². The zero-order chi connectivity index (χ0) is 10.8. The van der Waals surface area contributed by atoms with Crippen LogP contribution in [0.25, 0.3) is 0 Å². The standard InChI is InChI=1S/C13H25NO/c1-9-7-13(8-10(2)15-9)14-11(3)12-5-4-6-12/h9-14H,4-8H2,1-3H3. The highest BCUT2D eigenvalue weighted by Crippen LogP contribution is 2.30. The van der Waals surface area contributed by atoms with Crippen LogP contribution in [0.5, 0.6) is 0 Å². The van der Waals surface area contributed by atoms with E-state index in [1.807, 2.05) is 0 Å². The van der Waals surface area contributed by atoms with Gasteiger partial charge in [0, 0.05) is 12.1 Å². The van der Waals surface area contributed by atoms with Gasteiger partial charge in [0.2, 0.25) is 0 Å². The molecule has 2 aliphatic rings. The molecular weight excluding hydrogens is 186 g/mol. The summed E-state index contributed by atoms with van der Waals surface area (Å²) < 4.78 is 5.76. The number of hydrogen-bond donors (Lipinski definition) is 1. The van der Waals surface area contributed by atoms with Gasteiger partial charge >= 0.3 is 0 Å². The summed E-state index contributed by atoms with van der Waals surface area (Å²) in [5, 5.41) is 3.80.